The van der Waals surface area contributed by atoms with Crippen LogP contribution in [-0.4, -0.2) is 29.5 Å². The monoisotopic (exact) mass is 299 g/mol. The zero-order chi connectivity index (χ0) is 16.0. The summed E-state index contributed by atoms with van der Waals surface area (Å²) in [5.74, 6) is -1.99. The van der Waals surface area contributed by atoms with E-state index in [-0.39, 0.29) is 6.42 Å². The second kappa shape index (κ2) is 7.71. The van der Waals surface area contributed by atoms with Gasteiger partial charge in [0.2, 0.25) is 12.3 Å². The van der Waals surface area contributed by atoms with E-state index in [1.54, 1.807) is 0 Å². The molecule has 6 heteroatoms. The lowest BCUT2D eigenvalue weighted by molar-refractivity contribution is -0.143. The van der Waals surface area contributed by atoms with E-state index in [4.69, 9.17) is 5.11 Å². The van der Waals surface area contributed by atoms with Crippen molar-refractivity contribution in [3.8, 4) is 0 Å². The fraction of sp³-hybridized carbons (Fsp3) is 0.467. The number of rotatable bonds is 7. The zero-order valence-corrected chi connectivity index (χ0v) is 12.0. The Kier molecular flexibility index (Phi) is 6.27. The zero-order valence-electron chi connectivity index (χ0n) is 12.0. The number of hydrogen-bond acceptors (Lipinski definition) is 2. The lowest BCUT2D eigenvalue weighted by Crippen LogP contribution is -2.42. The number of hydrogen-bond donors (Lipinski definition) is 2. The number of carbonyl (C=O) groups is 2. The molecule has 1 unspecified atom stereocenters. The van der Waals surface area contributed by atoms with Crippen LogP contribution in [0.4, 0.5) is 8.78 Å². The number of nitrogens with one attached hydrogen (secondary N) is 1. The SMILES string of the molecule is Cc1cc(C)cc(CCC(=O)NC(CC(F)F)C(=O)O)c1. The van der Waals surface area contributed by atoms with Crippen molar-refractivity contribution in [2.75, 3.05) is 0 Å². The Morgan fingerprint density at radius 3 is 2.24 bits per heavy atom. The van der Waals surface area contributed by atoms with Crippen LogP contribution >= 0.6 is 0 Å². The highest BCUT2D eigenvalue weighted by Crippen LogP contribution is 2.11. The van der Waals surface area contributed by atoms with Crippen LogP contribution in [0, 0.1) is 13.8 Å². The Morgan fingerprint density at radius 1 is 1.19 bits per heavy atom. The molecular formula is C15H19F2NO3. The Balaban J connectivity index is 2.54. The number of aliphatic carboxylic acids is 1. The molecule has 1 rings (SSSR count). The molecule has 1 atom stereocenters. The first-order chi connectivity index (χ1) is 9.77. The highest BCUT2D eigenvalue weighted by Gasteiger charge is 2.23. The first-order valence-electron chi connectivity index (χ1n) is 6.65. The molecule has 21 heavy (non-hydrogen) atoms. The number of amides is 1. The first kappa shape index (κ1) is 17.1. The lowest BCUT2D eigenvalue weighted by Gasteiger charge is -2.14. The van der Waals surface area contributed by atoms with Crippen molar-refractivity contribution < 1.29 is 23.5 Å². The third-order valence-corrected chi connectivity index (χ3v) is 2.97. The van der Waals surface area contributed by atoms with Crippen LogP contribution in [0.15, 0.2) is 18.2 Å². The van der Waals surface area contributed by atoms with Gasteiger partial charge in [0.05, 0.1) is 0 Å². The van der Waals surface area contributed by atoms with Crippen LogP contribution in [0.2, 0.25) is 0 Å². The van der Waals surface area contributed by atoms with Gasteiger partial charge in [0.1, 0.15) is 6.04 Å². The average Bonchev–Trinajstić information content (AvgIpc) is 2.33. The molecular weight excluding hydrogens is 280 g/mol. The van der Waals surface area contributed by atoms with Crippen molar-refractivity contribution in [1.82, 2.24) is 5.32 Å². The molecule has 0 saturated carbocycles. The van der Waals surface area contributed by atoms with E-state index < -0.39 is 30.8 Å². The van der Waals surface area contributed by atoms with Crippen molar-refractivity contribution in [2.45, 2.75) is 45.6 Å². The lowest BCUT2D eigenvalue weighted by atomic mass is 10.0. The standard InChI is InChI=1S/C15H19F2NO3/c1-9-5-10(2)7-11(6-9)3-4-14(19)18-12(15(20)21)8-13(16)17/h5-7,12-13H,3-4,8H2,1-2H3,(H,18,19)(H,20,21). The summed E-state index contributed by atoms with van der Waals surface area (Å²) in [7, 11) is 0. The molecule has 1 aromatic rings. The van der Waals surface area contributed by atoms with E-state index in [1.165, 1.54) is 0 Å². The van der Waals surface area contributed by atoms with Gasteiger partial charge in [-0.25, -0.2) is 13.6 Å². The summed E-state index contributed by atoms with van der Waals surface area (Å²) in [6.45, 7) is 3.89. The van der Waals surface area contributed by atoms with Gasteiger partial charge < -0.3 is 10.4 Å². The molecule has 0 aliphatic carbocycles. The van der Waals surface area contributed by atoms with Crippen LogP contribution in [0.5, 0.6) is 0 Å². The van der Waals surface area contributed by atoms with E-state index in [0.29, 0.717) is 6.42 Å². The summed E-state index contributed by atoms with van der Waals surface area (Å²) in [5, 5.41) is 10.9. The molecule has 116 valence electrons. The maximum absolute atomic E-state index is 12.2. The predicted octanol–water partition coefficient (Wildman–Crippen LogP) is 2.46. The highest BCUT2D eigenvalue weighted by atomic mass is 19.3. The second-order valence-corrected chi connectivity index (χ2v) is 5.08. The molecule has 0 aliphatic heterocycles. The number of carboxylic acid groups (broad SMARTS) is 1. The Morgan fingerprint density at radius 2 is 1.76 bits per heavy atom. The second-order valence-electron chi connectivity index (χ2n) is 5.08. The van der Waals surface area contributed by atoms with Gasteiger partial charge in [-0.3, -0.25) is 4.79 Å². The number of carboxylic acids is 1. The van der Waals surface area contributed by atoms with Gasteiger partial charge >= 0.3 is 5.97 Å². The minimum atomic E-state index is -2.77. The minimum Gasteiger partial charge on any atom is -0.480 e. The molecule has 4 nitrogen and oxygen atoms in total. The maximum Gasteiger partial charge on any atom is 0.326 e. The van der Waals surface area contributed by atoms with Crippen LogP contribution in [0.3, 0.4) is 0 Å². The third-order valence-electron chi connectivity index (χ3n) is 2.97. The number of carbonyl (C=O) groups excluding carboxylic acids is 1. The van der Waals surface area contributed by atoms with Gasteiger partial charge in [-0.2, -0.15) is 0 Å². The fourth-order valence-corrected chi connectivity index (χ4v) is 2.14. The normalized spacial score (nSPS) is 12.2. The molecule has 2 N–H and O–H groups in total. The number of alkyl halides is 2. The summed E-state index contributed by atoms with van der Waals surface area (Å²) in [6.07, 6.45) is -3.15. The summed E-state index contributed by atoms with van der Waals surface area (Å²) in [6, 6.07) is 4.34. The Bertz CT molecular complexity index is 497. The summed E-state index contributed by atoms with van der Waals surface area (Å²) >= 11 is 0. The van der Waals surface area contributed by atoms with E-state index >= 15 is 0 Å². The maximum atomic E-state index is 12.2. The van der Waals surface area contributed by atoms with E-state index in [1.807, 2.05) is 32.0 Å². The molecule has 0 aliphatic rings. The van der Waals surface area contributed by atoms with Gasteiger partial charge in [-0.15, -0.1) is 0 Å². The van der Waals surface area contributed by atoms with Crippen molar-refractivity contribution in [3.05, 3.63) is 34.9 Å². The quantitative estimate of drug-likeness (QED) is 0.813. The molecule has 0 radical (unpaired) electrons. The van der Waals surface area contributed by atoms with E-state index in [2.05, 4.69) is 5.32 Å². The predicted molar refractivity (Wildman–Crippen MR) is 74.4 cm³/mol. The van der Waals surface area contributed by atoms with Gasteiger partial charge in [-0.1, -0.05) is 29.3 Å². The number of halogens is 2. The Hall–Kier alpha value is -1.98. The van der Waals surface area contributed by atoms with Crippen molar-refractivity contribution in [1.29, 1.82) is 0 Å². The van der Waals surface area contributed by atoms with Crippen LogP contribution < -0.4 is 5.32 Å². The smallest absolute Gasteiger partial charge is 0.326 e. The molecule has 0 spiro atoms. The topological polar surface area (TPSA) is 66.4 Å². The van der Waals surface area contributed by atoms with Gasteiger partial charge in [0.15, 0.2) is 0 Å². The average molecular weight is 299 g/mol. The first-order valence-corrected chi connectivity index (χ1v) is 6.65. The van der Waals surface area contributed by atoms with Crippen LogP contribution in [-0.2, 0) is 16.0 Å². The minimum absolute atomic E-state index is 0.0654. The van der Waals surface area contributed by atoms with Crippen LogP contribution in [0.1, 0.15) is 29.5 Å². The van der Waals surface area contributed by atoms with Gasteiger partial charge in [0, 0.05) is 12.8 Å². The van der Waals surface area contributed by atoms with Gasteiger partial charge in [-0.05, 0) is 25.8 Å². The van der Waals surface area contributed by atoms with Crippen molar-refractivity contribution in [3.63, 3.8) is 0 Å². The summed E-state index contributed by atoms with van der Waals surface area (Å²) in [5.41, 5.74) is 3.11. The fourth-order valence-electron chi connectivity index (χ4n) is 2.14. The molecule has 0 heterocycles. The van der Waals surface area contributed by atoms with E-state index in [9.17, 15) is 18.4 Å². The molecule has 1 aromatic carbocycles. The third kappa shape index (κ3) is 6.33. The summed E-state index contributed by atoms with van der Waals surface area (Å²) in [4.78, 5) is 22.4. The highest BCUT2D eigenvalue weighted by molar-refractivity contribution is 5.83. The number of benzene rings is 1. The van der Waals surface area contributed by atoms with Crippen molar-refractivity contribution in [2.24, 2.45) is 0 Å². The molecule has 0 fully saturated rings. The largest absolute Gasteiger partial charge is 0.480 e. The molecule has 0 aromatic heterocycles. The van der Waals surface area contributed by atoms with Gasteiger partial charge in [0.25, 0.3) is 0 Å². The number of aryl methyl sites for hydroxylation is 3. The Labute approximate surface area is 122 Å². The molecule has 0 saturated heterocycles. The van der Waals surface area contributed by atoms with Crippen molar-refractivity contribution >= 4 is 11.9 Å². The van der Waals surface area contributed by atoms with Crippen LogP contribution in [0.25, 0.3) is 0 Å². The summed E-state index contributed by atoms with van der Waals surface area (Å²) < 4.78 is 24.4. The van der Waals surface area contributed by atoms with E-state index in [0.717, 1.165) is 16.7 Å². The molecule has 1 amide bonds. The molecule has 0 bridgehead atoms.